The molecule has 0 bridgehead atoms. The van der Waals surface area contributed by atoms with Crippen LogP contribution in [0.15, 0.2) is 6.33 Å². The maximum atomic E-state index is 4.69. The molecule has 0 radical (unpaired) electrons. The third kappa shape index (κ3) is 2.80. The van der Waals surface area contributed by atoms with Gasteiger partial charge in [-0.1, -0.05) is 6.92 Å². The molecule has 0 aromatic carbocycles. The molecule has 3 rings (SSSR count). The van der Waals surface area contributed by atoms with Crippen LogP contribution in [0.5, 0.6) is 0 Å². The second-order valence-corrected chi connectivity index (χ2v) is 6.03. The van der Waals surface area contributed by atoms with Gasteiger partial charge in [-0.05, 0) is 38.5 Å². The van der Waals surface area contributed by atoms with Crippen LogP contribution in [0.25, 0.3) is 11.2 Å². The molecule has 1 aliphatic carbocycles. The highest BCUT2D eigenvalue weighted by Gasteiger charge is 2.24. The molecule has 21 heavy (non-hydrogen) atoms. The van der Waals surface area contributed by atoms with Gasteiger partial charge in [-0.2, -0.15) is 9.97 Å². The van der Waals surface area contributed by atoms with Crippen molar-refractivity contribution in [1.82, 2.24) is 19.9 Å². The molecular weight excluding hydrogens is 264 g/mol. The Bertz CT molecular complexity index is 599. The fraction of sp³-hybridized carbons (Fsp3) is 0.667. The molecule has 2 aromatic rings. The molecule has 2 heterocycles. The number of nitrogens with one attached hydrogen (secondary N) is 2. The number of anilines is 2. The second-order valence-electron chi connectivity index (χ2n) is 6.03. The van der Waals surface area contributed by atoms with E-state index >= 15 is 0 Å². The van der Waals surface area contributed by atoms with Gasteiger partial charge in [0.25, 0.3) is 0 Å². The van der Waals surface area contributed by atoms with Crippen molar-refractivity contribution in [3.05, 3.63) is 6.33 Å². The topological polar surface area (TPSA) is 69.7 Å². The molecule has 2 N–H and O–H groups in total. The fourth-order valence-corrected chi connectivity index (χ4v) is 3.11. The lowest BCUT2D eigenvalue weighted by molar-refractivity contribution is 0.340. The van der Waals surface area contributed by atoms with Crippen molar-refractivity contribution < 1.29 is 0 Å². The van der Waals surface area contributed by atoms with E-state index in [-0.39, 0.29) is 0 Å². The average molecular weight is 288 g/mol. The Hall–Kier alpha value is -1.85. The van der Waals surface area contributed by atoms with Crippen LogP contribution >= 0.6 is 0 Å². The van der Waals surface area contributed by atoms with Gasteiger partial charge in [0.15, 0.2) is 11.5 Å². The Balaban J connectivity index is 1.92. The van der Waals surface area contributed by atoms with Crippen molar-refractivity contribution in [3.8, 4) is 0 Å². The van der Waals surface area contributed by atoms with E-state index in [0.29, 0.717) is 12.0 Å². The number of H-pyrrole nitrogens is 1. The van der Waals surface area contributed by atoms with E-state index in [4.69, 9.17) is 0 Å². The number of hydrogen-bond donors (Lipinski definition) is 2. The van der Waals surface area contributed by atoms with E-state index in [0.717, 1.165) is 29.4 Å². The number of aromatic nitrogens is 4. The van der Waals surface area contributed by atoms with Gasteiger partial charge in [0.05, 0.1) is 6.33 Å². The summed E-state index contributed by atoms with van der Waals surface area (Å²) in [6, 6.07) is 0.553. The molecule has 0 aliphatic heterocycles. The summed E-state index contributed by atoms with van der Waals surface area (Å²) in [7, 11) is 2.14. The molecule has 0 spiro atoms. The predicted molar refractivity (Wildman–Crippen MR) is 85.7 cm³/mol. The second kappa shape index (κ2) is 5.87. The maximum Gasteiger partial charge on any atom is 0.226 e. The van der Waals surface area contributed by atoms with Crippen LogP contribution in [0.4, 0.5) is 11.8 Å². The van der Waals surface area contributed by atoms with Gasteiger partial charge in [0, 0.05) is 19.6 Å². The summed E-state index contributed by atoms with van der Waals surface area (Å²) in [5.74, 6) is 2.46. The Labute approximate surface area is 125 Å². The third-order valence-corrected chi connectivity index (χ3v) is 4.47. The van der Waals surface area contributed by atoms with Gasteiger partial charge in [-0.15, -0.1) is 0 Å². The van der Waals surface area contributed by atoms with Gasteiger partial charge in [-0.3, -0.25) is 0 Å². The van der Waals surface area contributed by atoms with Crippen molar-refractivity contribution in [2.75, 3.05) is 23.8 Å². The molecule has 0 amide bonds. The number of aromatic amines is 1. The highest BCUT2D eigenvalue weighted by atomic mass is 15.3. The molecule has 6 nitrogen and oxygen atoms in total. The fourth-order valence-electron chi connectivity index (χ4n) is 3.11. The minimum atomic E-state index is 0.553. The number of imidazole rings is 1. The Morgan fingerprint density at radius 3 is 2.76 bits per heavy atom. The maximum absolute atomic E-state index is 4.69. The summed E-state index contributed by atoms with van der Waals surface area (Å²) in [4.78, 5) is 18.9. The molecule has 114 valence electrons. The highest BCUT2D eigenvalue weighted by Crippen LogP contribution is 2.31. The Morgan fingerprint density at radius 1 is 1.29 bits per heavy atom. The van der Waals surface area contributed by atoms with E-state index in [1.807, 2.05) is 6.92 Å². The van der Waals surface area contributed by atoms with Crippen LogP contribution in [-0.4, -0.2) is 39.6 Å². The lowest BCUT2D eigenvalue weighted by Crippen LogP contribution is -2.35. The largest absolute Gasteiger partial charge is 0.355 e. The van der Waals surface area contributed by atoms with Crippen LogP contribution in [0.1, 0.15) is 39.5 Å². The summed E-state index contributed by atoms with van der Waals surface area (Å²) in [6.45, 7) is 5.20. The summed E-state index contributed by atoms with van der Waals surface area (Å²) in [6.07, 6.45) is 6.75. The van der Waals surface area contributed by atoms with E-state index < -0.39 is 0 Å². The first-order valence-corrected chi connectivity index (χ1v) is 7.86. The van der Waals surface area contributed by atoms with E-state index in [1.165, 1.54) is 25.7 Å². The van der Waals surface area contributed by atoms with Gasteiger partial charge in [0.2, 0.25) is 5.95 Å². The molecule has 1 saturated carbocycles. The summed E-state index contributed by atoms with van der Waals surface area (Å²) >= 11 is 0. The smallest absolute Gasteiger partial charge is 0.226 e. The first kappa shape index (κ1) is 14.1. The SMILES string of the molecule is CCNc1nc(N(C)C2CCC(C)CC2)c2[nH]cnc2n1. The molecule has 1 aliphatic rings. The lowest BCUT2D eigenvalue weighted by atomic mass is 9.87. The lowest BCUT2D eigenvalue weighted by Gasteiger charge is -2.34. The molecule has 0 atom stereocenters. The van der Waals surface area contributed by atoms with Gasteiger partial charge < -0.3 is 15.2 Å². The number of rotatable bonds is 4. The van der Waals surface area contributed by atoms with E-state index in [9.17, 15) is 0 Å². The van der Waals surface area contributed by atoms with Crippen molar-refractivity contribution in [1.29, 1.82) is 0 Å². The Kier molecular flexibility index (Phi) is 3.94. The van der Waals surface area contributed by atoms with E-state index in [1.54, 1.807) is 6.33 Å². The first-order valence-electron chi connectivity index (χ1n) is 7.86. The van der Waals surface area contributed by atoms with Crippen molar-refractivity contribution in [2.45, 2.75) is 45.6 Å². The molecule has 1 fully saturated rings. The van der Waals surface area contributed by atoms with Gasteiger partial charge >= 0.3 is 0 Å². The molecule has 2 aromatic heterocycles. The highest BCUT2D eigenvalue weighted by molar-refractivity contribution is 5.84. The normalized spacial score (nSPS) is 22.4. The zero-order chi connectivity index (χ0) is 14.8. The first-order chi connectivity index (χ1) is 10.2. The summed E-state index contributed by atoms with van der Waals surface area (Å²) < 4.78 is 0. The Morgan fingerprint density at radius 2 is 2.05 bits per heavy atom. The molecule has 6 heteroatoms. The van der Waals surface area contributed by atoms with Gasteiger partial charge in [0.1, 0.15) is 5.52 Å². The number of fused-ring (bicyclic) bond motifs is 1. The van der Waals surface area contributed by atoms with Crippen molar-refractivity contribution in [3.63, 3.8) is 0 Å². The van der Waals surface area contributed by atoms with Crippen LogP contribution < -0.4 is 10.2 Å². The summed E-state index contributed by atoms with van der Waals surface area (Å²) in [5, 5.41) is 3.19. The molecule has 0 unspecified atom stereocenters. The zero-order valence-electron chi connectivity index (χ0n) is 13.1. The standard InChI is InChI=1S/C15H24N6/c1-4-16-15-19-13-12(17-9-18-13)14(20-15)21(3)11-7-5-10(2)6-8-11/h9-11H,4-8H2,1-3H3,(H2,16,17,18,19,20). The van der Waals surface area contributed by atoms with Crippen LogP contribution in [0.2, 0.25) is 0 Å². The minimum absolute atomic E-state index is 0.553. The average Bonchev–Trinajstić information content (AvgIpc) is 2.95. The number of hydrogen-bond acceptors (Lipinski definition) is 5. The third-order valence-electron chi connectivity index (χ3n) is 4.47. The van der Waals surface area contributed by atoms with Crippen LogP contribution in [0, 0.1) is 5.92 Å². The van der Waals surface area contributed by atoms with Gasteiger partial charge in [-0.25, -0.2) is 4.98 Å². The van der Waals surface area contributed by atoms with Crippen molar-refractivity contribution in [2.24, 2.45) is 5.92 Å². The van der Waals surface area contributed by atoms with Crippen LogP contribution in [0.3, 0.4) is 0 Å². The molecular formula is C15H24N6. The van der Waals surface area contributed by atoms with Crippen LogP contribution in [-0.2, 0) is 0 Å². The van der Waals surface area contributed by atoms with E-state index in [2.05, 4.69) is 44.1 Å². The zero-order valence-corrected chi connectivity index (χ0v) is 13.1. The minimum Gasteiger partial charge on any atom is -0.355 e. The predicted octanol–water partition coefficient (Wildman–Crippen LogP) is 2.80. The quantitative estimate of drug-likeness (QED) is 0.905. The van der Waals surface area contributed by atoms with Crippen molar-refractivity contribution >= 4 is 22.9 Å². The molecule has 0 saturated heterocycles. The summed E-state index contributed by atoms with van der Waals surface area (Å²) in [5.41, 5.74) is 1.66. The number of nitrogens with zero attached hydrogens (tertiary/aromatic N) is 4. The monoisotopic (exact) mass is 288 g/mol.